The van der Waals surface area contributed by atoms with Crippen molar-refractivity contribution in [1.29, 1.82) is 10.5 Å². The average molecular weight is 547 g/mol. The molecule has 3 aromatic rings. The van der Waals surface area contributed by atoms with Crippen molar-refractivity contribution in [3.05, 3.63) is 75.9 Å². The lowest BCUT2D eigenvalue weighted by molar-refractivity contribution is 0.190. The van der Waals surface area contributed by atoms with Crippen molar-refractivity contribution < 1.29 is 7.13 Å². The summed E-state index contributed by atoms with van der Waals surface area (Å²) in [7, 11) is 0. The molecule has 0 radical (unpaired) electrons. The standard InChI is InChI=1S/C29H30ClFN8/c1-28(2,3)16-35-26-18(13-33)14-34-25-17(12-32)10-19(11-20(25)26)36-27(24-21(30)6-5-7-22(24)31)23-15-39(38-37-23)29(4)8-9-29/h5-7,10-11,14-15,27,36-38H,8-9,16H2,1-4H3,(H,34,35)/i15D,27D. The molecule has 39 heavy (non-hydrogen) atoms. The van der Waals surface area contributed by atoms with Gasteiger partial charge in [-0.1, -0.05) is 38.4 Å². The van der Waals surface area contributed by atoms with Gasteiger partial charge < -0.3 is 16.1 Å². The number of benzene rings is 2. The smallest absolute Gasteiger partial charge is 0.130 e. The Morgan fingerprint density at radius 1 is 1.28 bits per heavy atom. The zero-order chi connectivity index (χ0) is 29.7. The van der Waals surface area contributed by atoms with Gasteiger partial charge in [-0.05, 0) is 49.4 Å². The molecule has 1 fully saturated rings. The SMILES string of the molecule is [2H]C1=C(C([2H])(Nc2cc(C#N)c3ncc(C#N)c(NCC(C)(C)C)c3c2)c2c(F)cccc2Cl)NNN1C1(C)CC1. The largest absolute Gasteiger partial charge is 0.383 e. The van der Waals surface area contributed by atoms with E-state index in [1.807, 2.05) is 6.92 Å². The number of aromatic nitrogens is 1. The zero-order valence-corrected chi connectivity index (χ0v) is 22.9. The van der Waals surface area contributed by atoms with Crippen LogP contribution in [0.2, 0.25) is 5.02 Å². The van der Waals surface area contributed by atoms with Crippen LogP contribution in [0.4, 0.5) is 15.8 Å². The second-order valence-corrected chi connectivity index (χ2v) is 11.7. The number of halogens is 2. The Kier molecular flexibility index (Phi) is 6.11. The van der Waals surface area contributed by atoms with E-state index in [4.69, 9.17) is 13.0 Å². The molecule has 0 saturated heterocycles. The Labute approximate surface area is 235 Å². The van der Waals surface area contributed by atoms with E-state index in [9.17, 15) is 11.9 Å². The summed E-state index contributed by atoms with van der Waals surface area (Å²) >= 11 is 6.49. The van der Waals surface area contributed by atoms with Crippen molar-refractivity contribution in [2.24, 2.45) is 5.41 Å². The lowest BCUT2D eigenvalue weighted by Gasteiger charge is -2.24. The molecule has 0 bridgehead atoms. The first-order valence-electron chi connectivity index (χ1n) is 13.6. The number of fused-ring (bicyclic) bond motifs is 1. The van der Waals surface area contributed by atoms with Crippen molar-refractivity contribution in [2.45, 2.75) is 52.1 Å². The second kappa shape index (κ2) is 9.92. The minimum absolute atomic E-state index is 0.00653. The first-order valence-corrected chi connectivity index (χ1v) is 13.0. The Morgan fingerprint density at radius 2 is 2.03 bits per heavy atom. The molecule has 1 aliphatic heterocycles. The predicted octanol–water partition coefficient (Wildman–Crippen LogP) is 6.10. The Balaban J connectivity index is 1.71. The van der Waals surface area contributed by atoms with Gasteiger partial charge in [0.25, 0.3) is 0 Å². The minimum atomic E-state index is -2.12. The minimum Gasteiger partial charge on any atom is -0.383 e. The van der Waals surface area contributed by atoms with Crippen molar-refractivity contribution in [3.8, 4) is 12.1 Å². The quantitative estimate of drug-likeness (QED) is 0.281. The van der Waals surface area contributed by atoms with E-state index in [2.05, 4.69) is 59.5 Å². The molecule has 1 aliphatic carbocycles. The van der Waals surface area contributed by atoms with Gasteiger partial charge in [0, 0.05) is 40.6 Å². The van der Waals surface area contributed by atoms with Gasteiger partial charge in [0.05, 0.1) is 42.3 Å². The lowest BCUT2D eigenvalue weighted by atomic mass is 9.96. The third-order valence-corrected chi connectivity index (χ3v) is 7.08. The number of hydrazine groups is 2. The Bertz CT molecular complexity index is 1650. The van der Waals surface area contributed by atoms with Crippen LogP contribution >= 0.6 is 11.6 Å². The van der Waals surface area contributed by atoms with E-state index in [0.29, 0.717) is 28.7 Å². The molecule has 10 heteroatoms. The van der Waals surface area contributed by atoms with Crippen molar-refractivity contribution in [2.75, 3.05) is 17.2 Å². The maximum atomic E-state index is 15.4. The Morgan fingerprint density at radius 3 is 2.67 bits per heavy atom. The van der Waals surface area contributed by atoms with Crippen LogP contribution in [0.3, 0.4) is 0 Å². The van der Waals surface area contributed by atoms with E-state index in [0.717, 1.165) is 12.8 Å². The topological polar surface area (TPSA) is 112 Å². The summed E-state index contributed by atoms with van der Waals surface area (Å²) in [5.41, 5.74) is 6.93. The van der Waals surface area contributed by atoms with E-state index in [1.165, 1.54) is 30.5 Å². The van der Waals surface area contributed by atoms with E-state index < -0.39 is 11.8 Å². The number of hydrogen-bond acceptors (Lipinski definition) is 8. The van der Waals surface area contributed by atoms with Crippen LogP contribution < -0.4 is 21.6 Å². The molecule has 1 saturated carbocycles. The van der Waals surface area contributed by atoms with Crippen LogP contribution in [0.15, 0.2) is 48.4 Å². The van der Waals surface area contributed by atoms with E-state index in [1.54, 1.807) is 11.1 Å². The van der Waals surface area contributed by atoms with Crippen LogP contribution in [0.25, 0.3) is 10.9 Å². The maximum absolute atomic E-state index is 15.4. The number of nitrogens with one attached hydrogen (secondary N) is 4. The van der Waals surface area contributed by atoms with Gasteiger partial charge in [0.15, 0.2) is 0 Å². The fraction of sp³-hybridized carbons (Fsp3) is 0.345. The van der Waals surface area contributed by atoms with Gasteiger partial charge in [-0.2, -0.15) is 10.5 Å². The van der Waals surface area contributed by atoms with Crippen LogP contribution in [-0.4, -0.2) is 22.1 Å². The van der Waals surface area contributed by atoms with E-state index in [-0.39, 0.29) is 44.7 Å². The van der Waals surface area contributed by atoms with Gasteiger partial charge in [-0.3, -0.25) is 9.99 Å². The molecule has 1 aromatic heterocycles. The van der Waals surface area contributed by atoms with Gasteiger partial charge >= 0.3 is 0 Å². The molecule has 200 valence electrons. The molecule has 5 rings (SSSR count). The van der Waals surface area contributed by atoms with Crippen LogP contribution in [-0.2, 0) is 0 Å². The predicted molar refractivity (Wildman–Crippen MR) is 151 cm³/mol. The summed E-state index contributed by atoms with van der Waals surface area (Å²) in [5.74, 6) is -0.736. The fourth-order valence-corrected chi connectivity index (χ4v) is 4.55. The highest BCUT2D eigenvalue weighted by Gasteiger charge is 2.45. The summed E-state index contributed by atoms with van der Waals surface area (Å²) in [6, 6.07) is 9.50. The van der Waals surface area contributed by atoms with Crippen LogP contribution in [0.1, 0.15) is 66.0 Å². The first-order chi connectivity index (χ1) is 19.3. The molecule has 2 heterocycles. The summed E-state index contributed by atoms with van der Waals surface area (Å²) in [6.07, 6.45) is 3.10. The summed E-state index contributed by atoms with van der Waals surface area (Å²) in [5, 5.41) is 28.4. The highest BCUT2D eigenvalue weighted by atomic mass is 35.5. The molecule has 0 spiro atoms. The average Bonchev–Trinajstić information content (AvgIpc) is 3.52. The van der Waals surface area contributed by atoms with Crippen molar-refractivity contribution in [1.82, 2.24) is 21.0 Å². The van der Waals surface area contributed by atoms with Gasteiger partial charge in [-0.15, -0.1) is 5.53 Å². The molecule has 1 atom stereocenters. The normalized spacial score (nSPS) is 18.4. The number of anilines is 2. The Hall–Kier alpha value is -4.05. The number of nitrogens with zero attached hydrogens (tertiary/aromatic N) is 4. The molecule has 2 aliphatic rings. The molecule has 1 unspecified atom stereocenters. The summed E-state index contributed by atoms with van der Waals surface area (Å²) in [4.78, 5) is 4.38. The monoisotopic (exact) mass is 546 g/mol. The molecule has 4 N–H and O–H groups in total. The number of pyridine rings is 1. The third-order valence-electron chi connectivity index (χ3n) is 6.77. The summed E-state index contributed by atoms with van der Waals surface area (Å²) < 4.78 is 34.0. The van der Waals surface area contributed by atoms with Gasteiger partial charge in [0.2, 0.25) is 0 Å². The highest BCUT2D eigenvalue weighted by Crippen LogP contribution is 2.43. The molecule has 8 nitrogen and oxygen atoms in total. The second-order valence-electron chi connectivity index (χ2n) is 11.3. The molecular weight excluding hydrogens is 515 g/mol. The number of nitriles is 2. The molecule has 0 amide bonds. The molecular formula is C29H30ClFN8. The van der Waals surface area contributed by atoms with Gasteiger partial charge in [-0.25, -0.2) is 4.39 Å². The highest BCUT2D eigenvalue weighted by molar-refractivity contribution is 6.31. The molecule has 2 aromatic carbocycles. The maximum Gasteiger partial charge on any atom is 0.130 e. The summed E-state index contributed by atoms with van der Waals surface area (Å²) in [6.45, 7) is 8.68. The van der Waals surface area contributed by atoms with Gasteiger partial charge in [0.1, 0.15) is 18.0 Å². The van der Waals surface area contributed by atoms with Crippen LogP contribution in [0, 0.1) is 33.9 Å². The number of hydrogen-bond donors (Lipinski definition) is 4. The van der Waals surface area contributed by atoms with Crippen molar-refractivity contribution >= 4 is 33.9 Å². The zero-order valence-electron chi connectivity index (χ0n) is 24.1. The fourth-order valence-electron chi connectivity index (χ4n) is 4.29. The number of rotatable bonds is 7. The van der Waals surface area contributed by atoms with E-state index >= 15 is 4.39 Å². The van der Waals surface area contributed by atoms with Crippen molar-refractivity contribution in [3.63, 3.8) is 0 Å². The lowest BCUT2D eigenvalue weighted by Crippen LogP contribution is -2.43. The first kappa shape index (κ1) is 24.0. The van der Waals surface area contributed by atoms with Crippen LogP contribution in [0.5, 0.6) is 0 Å². The third kappa shape index (κ3) is 5.29.